The van der Waals surface area contributed by atoms with Gasteiger partial charge in [0.2, 0.25) is 0 Å². The van der Waals surface area contributed by atoms with E-state index in [-0.39, 0.29) is 0 Å². The van der Waals surface area contributed by atoms with Crippen molar-refractivity contribution in [2.45, 2.75) is 12.3 Å². The number of nitrogens with zero attached hydrogens (tertiary/aromatic N) is 2. The number of halogens is 2. The maximum atomic E-state index is 8.51. The zero-order valence-electron chi connectivity index (χ0n) is 8.50. The number of anilines is 1. The molecule has 0 amide bonds. The molecule has 0 spiro atoms. The van der Waals surface area contributed by atoms with Gasteiger partial charge in [-0.3, -0.25) is 0 Å². The molecule has 0 saturated heterocycles. The number of benzene rings is 1. The highest BCUT2D eigenvalue weighted by atomic mass is 79.9. The largest absolute Gasteiger partial charge is 0.373 e. The summed E-state index contributed by atoms with van der Waals surface area (Å²) < 4.78 is 1.01. The minimum Gasteiger partial charge on any atom is -0.373 e. The van der Waals surface area contributed by atoms with Gasteiger partial charge in [-0.25, -0.2) is 0 Å². The topological polar surface area (TPSA) is 27.0 Å². The van der Waals surface area contributed by atoms with Crippen molar-refractivity contribution in [3.05, 3.63) is 28.2 Å². The number of alkyl halides is 1. The second-order valence-corrected chi connectivity index (χ2v) is 4.37. The molecule has 0 atom stereocenters. The van der Waals surface area contributed by atoms with Gasteiger partial charge in [-0.1, -0.05) is 6.07 Å². The summed E-state index contributed by atoms with van der Waals surface area (Å²) in [5, 5.41) is 8.51. The number of nitriles is 1. The molecule has 15 heavy (non-hydrogen) atoms. The summed E-state index contributed by atoms with van der Waals surface area (Å²) >= 11 is 9.23. The quantitative estimate of drug-likeness (QED) is 0.792. The van der Waals surface area contributed by atoms with Crippen LogP contribution in [0.25, 0.3) is 0 Å². The molecule has 1 aromatic rings. The molecule has 0 aliphatic carbocycles. The number of hydrogen-bond acceptors (Lipinski definition) is 2. The lowest BCUT2D eigenvalue weighted by molar-refractivity contribution is 0.902. The van der Waals surface area contributed by atoms with Crippen molar-refractivity contribution in [3.63, 3.8) is 0 Å². The molecule has 0 saturated carbocycles. The normalized spacial score (nSPS) is 9.73. The van der Waals surface area contributed by atoms with Gasteiger partial charge in [0.1, 0.15) is 0 Å². The molecular weight excluding hydrogens is 275 g/mol. The molecule has 0 heterocycles. The van der Waals surface area contributed by atoms with Crippen LogP contribution in [-0.4, -0.2) is 13.6 Å². The Hall–Kier alpha value is -0.720. The van der Waals surface area contributed by atoms with Gasteiger partial charge in [-0.15, -0.1) is 11.6 Å². The van der Waals surface area contributed by atoms with Gasteiger partial charge in [0.15, 0.2) is 0 Å². The van der Waals surface area contributed by atoms with Crippen LogP contribution in [0.1, 0.15) is 12.0 Å². The van der Waals surface area contributed by atoms with Gasteiger partial charge in [-0.2, -0.15) is 5.26 Å². The third-order valence-corrected chi connectivity index (χ3v) is 3.08. The molecule has 80 valence electrons. The van der Waals surface area contributed by atoms with Crippen LogP contribution in [0, 0.1) is 11.3 Å². The summed E-state index contributed by atoms with van der Waals surface area (Å²) in [5.41, 5.74) is 2.17. The first-order valence-corrected chi connectivity index (χ1v) is 5.94. The van der Waals surface area contributed by atoms with Gasteiger partial charge >= 0.3 is 0 Å². The maximum Gasteiger partial charge on any atom is 0.0640 e. The molecule has 0 fully saturated rings. The van der Waals surface area contributed by atoms with Gasteiger partial charge in [0.05, 0.1) is 18.2 Å². The molecule has 0 aromatic heterocycles. The van der Waals surface area contributed by atoms with Crippen molar-refractivity contribution >= 4 is 33.2 Å². The van der Waals surface area contributed by atoms with Crippen LogP contribution in [0.2, 0.25) is 0 Å². The van der Waals surface area contributed by atoms with Crippen molar-refractivity contribution in [1.82, 2.24) is 0 Å². The summed E-state index contributed by atoms with van der Waals surface area (Å²) in [4.78, 5) is 2.05. The van der Waals surface area contributed by atoms with E-state index in [0.717, 1.165) is 22.3 Å². The average Bonchev–Trinajstić information content (AvgIpc) is 2.25. The first kappa shape index (κ1) is 12.4. The average molecular weight is 288 g/mol. The van der Waals surface area contributed by atoms with Crippen LogP contribution in [0.3, 0.4) is 0 Å². The Bertz CT molecular complexity index is 373. The highest BCUT2D eigenvalue weighted by Gasteiger charge is 2.05. The van der Waals surface area contributed by atoms with Gasteiger partial charge in [0, 0.05) is 23.9 Å². The van der Waals surface area contributed by atoms with Gasteiger partial charge in [-0.05, 0) is 33.6 Å². The third kappa shape index (κ3) is 3.40. The van der Waals surface area contributed by atoms with E-state index < -0.39 is 0 Å². The second kappa shape index (κ2) is 5.99. The second-order valence-electron chi connectivity index (χ2n) is 3.25. The van der Waals surface area contributed by atoms with Crippen LogP contribution in [0.5, 0.6) is 0 Å². The molecule has 0 unspecified atom stereocenters. The van der Waals surface area contributed by atoms with E-state index in [1.807, 2.05) is 30.1 Å². The van der Waals surface area contributed by atoms with E-state index in [9.17, 15) is 0 Å². The Morgan fingerprint density at radius 3 is 2.80 bits per heavy atom. The van der Waals surface area contributed by atoms with Gasteiger partial charge < -0.3 is 4.90 Å². The molecule has 0 N–H and O–H groups in total. The number of hydrogen-bond donors (Lipinski definition) is 0. The molecule has 1 rings (SSSR count). The van der Waals surface area contributed by atoms with Crippen LogP contribution in [0.4, 0.5) is 5.69 Å². The molecular formula is C11H12BrClN2. The first-order chi connectivity index (χ1) is 7.19. The standard InChI is InChI=1S/C11H12BrClN2/c1-15(6-2-5-14)11-4-3-9(8-13)7-10(11)12/h3-4,7H,2,6,8H2,1H3. The molecule has 0 aliphatic rings. The predicted molar refractivity (Wildman–Crippen MR) is 67.2 cm³/mol. The van der Waals surface area contributed by atoms with Crippen LogP contribution >= 0.6 is 27.5 Å². The van der Waals surface area contributed by atoms with Crippen molar-refractivity contribution in [2.24, 2.45) is 0 Å². The summed E-state index contributed by atoms with van der Waals surface area (Å²) in [7, 11) is 1.97. The predicted octanol–water partition coefficient (Wildman–Crippen LogP) is 3.54. The molecule has 2 nitrogen and oxygen atoms in total. The first-order valence-electron chi connectivity index (χ1n) is 4.61. The molecule has 0 bridgehead atoms. The van der Waals surface area contributed by atoms with Crippen molar-refractivity contribution in [3.8, 4) is 6.07 Å². The van der Waals surface area contributed by atoms with Crippen LogP contribution in [0.15, 0.2) is 22.7 Å². The summed E-state index contributed by atoms with van der Waals surface area (Å²) in [6.07, 6.45) is 0.528. The zero-order valence-corrected chi connectivity index (χ0v) is 10.8. The molecule has 1 aromatic carbocycles. The van der Waals surface area contributed by atoms with E-state index in [4.69, 9.17) is 16.9 Å². The SMILES string of the molecule is CN(CCC#N)c1ccc(CCl)cc1Br. The Labute approximate surface area is 104 Å². The van der Waals surface area contributed by atoms with Crippen LogP contribution in [-0.2, 0) is 5.88 Å². The maximum absolute atomic E-state index is 8.51. The Morgan fingerprint density at radius 2 is 2.27 bits per heavy atom. The van der Waals surface area contributed by atoms with Crippen molar-refractivity contribution < 1.29 is 0 Å². The zero-order chi connectivity index (χ0) is 11.3. The van der Waals surface area contributed by atoms with Crippen molar-refractivity contribution in [2.75, 3.05) is 18.5 Å². The summed E-state index contributed by atoms with van der Waals surface area (Å²) in [6, 6.07) is 8.15. The Kier molecular flexibility index (Phi) is 4.93. The van der Waals surface area contributed by atoms with E-state index in [1.54, 1.807) is 0 Å². The molecule has 0 aliphatic heterocycles. The molecule has 0 radical (unpaired) electrons. The van der Waals surface area contributed by atoms with E-state index in [1.165, 1.54) is 0 Å². The lowest BCUT2D eigenvalue weighted by Crippen LogP contribution is -2.18. The van der Waals surface area contributed by atoms with E-state index in [2.05, 4.69) is 22.0 Å². The van der Waals surface area contributed by atoms with E-state index in [0.29, 0.717) is 12.3 Å². The van der Waals surface area contributed by atoms with Crippen molar-refractivity contribution in [1.29, 1.82) is 5.26 Å². The fourth-order valence-corrected chi connectivity index (χ4v) is 2.18. The highest BCUT2D eigenvalue weighted by molar-refractivity contribution is 9.10. The third-order valence-electron chi connectivity index (χ3n) is 2.14. The minimum absolute atomic E-state index is 0.515. The van der Waals surface area contributed by atoms with Crippen LogP contribution < -0.4 is 4.90 Å². The Morgan fingerprint density at radius 1 is 1.53 bits per heavy atom. The lowest BCUT2D eigenvalue weighted by atomic mass is 10.2. The molecule has 4 heteroatoms. The Balaban J connectivity index is 2.81. The summed E-state index contributed by atoms with van der Waals surface area (Å²) in [6.45, 7) is 0.731. The summed E-state index contributed by atoms with van der Waals surface area (Å²) in [5.74, 6) is 0.515. The monoisotopic (exact) mass is 286 g/mol. The minimum atomic E-state index is 0.515. The fraction of sp³-hybridized carbons (Fsp3) is 0.364. The lowest BCUT2D eigenvalue weighted by Gasteiger charge is -2.19. The van der Waals surface area contributed by atoms with E-state index >= 15 is 0 Å². The fourth-order valence-electron chi connectivity index (χ4n) is 1.28. The van der Waals surface area contributed by atoms with Gasteiger partial charge in [0.25, 0.3) is 0 Å². The smallest absolute Gasteiger partial charge is 0.0640 e. The number of rotatable bonds is 4. The highest BCUT2D eigenvalue weighted by Crippen LogP contribution is 2.27.